The van der Waals surface area contributed by atoms with E-state index in [1.807, 2.05) is 26.1 Å². The number of carbonyl (C=O) groups excluding carboxylic acids is 1. The van der Waals surface area contributed by atoms with E-state index in [1.165, 1.54) is 50.3 Å². The predicted molar refractivity (Wildman–Crippen MR) is 121 cm³/mol. The quantitative estimate of drug-likeness (QED) is 0.617. The van der Waals surface area contributed by atoms with Gasteiger partial charge in [0.2, 0.25) is 5.91 Å². The van der Waals surface area contributed by atoms with Crippen molar-refractivity contribution >= 4 is 35.0 Å². The van der Waals surface area contributed by atoms with Crippen LogP contribution >= 0.6 is 23.4 Å². The molecule has 0 spiro atoms. The van der Waals surface area contributed by atoms with E-state index in [-0.39, 0.29) is 5.91 Å². The highest BCUT2D eigenvalue weighted by Gasteiger charge is 2.51. The van der Waals surface area contributed by atoms with Crippen molar-refractivity contribution in [1.82, 2.24) is 14.8 Å². The fourth-order valence-corrected chi connectivity index (χ4v) is 7.41. The summed E-state index contributed by atoms with van der Waals surface area (Å²) in [6.07, 6.45) is 9.52. The number of hydrogen-bond donors (Lipinski definition) is 1. The van der Waals surface area contributed by atoms with Crippen LogP contribution in [-0.4, -0.2) is 26.4 Å². The number of thioether (sulfide) groups is 1. The second kappa shape index (κ2) is 7.86. The lowest BCUT2D eigenvalue weighted by molar-refractivity contribution is -0.113. The van der Waals surface area contributed by atoms with Crippen LogP contribution < -0.4 is 5.32 Å². The van der Waals surface area contributed by atoms with Crippen molar-refractivity contribution in [3.8, 4) is 0 Å². The summed E-state index contributed by atoms with van der Waals surface area (Å²) >= 11 is 7.49. The average Bonchev–Trinajstić information content (AvgIpc) is 3.01. The number of aryl methyl sites for hydroxylation is 1. The molecule has 30 heavy (non-hydrogen) atoms. The SMILES string of the molecule is Cc1ccc(Cl)cc1NC(=O)CSc1nnc(CC23CC4CC(CC(C4)C2)C3)n1C. The molecule has 6 rings (SSSR count). The molecule has 0 radical (unpaired) electrons. The highest BCUT2D eigenvalue weighted by atomic mass is 35.5. The molecule has 4 aliphatic rings. The van der Waals surface area contributed by atoms with Crippen LogP contribution in [0.15, 0.2) is 23.4 Å². The van der Waals surface area contributed by atoms with Crippen molar-refractivity contribution in [1.29, 1.82) is 0 Å². The van der Waals surface area contributed by atoms with Gasteiger partial charge in [-0.05, 0) is 86.3 Å². The lowest BCUT2D eigenvalue weighted by Crippen LogP contribution is -2.47. The zero-order chi connectivity index (χ0) is 20.9. The number of halogens is 1. The van der Waals surface area contributed by atoms with Gasteiger partial charge in [-0.2, -0.15) is 0 Å². The highest BCUT2D eigenvalue weighted by Crippen LogP contribution is 2.60. The molecule has 1 N–H and O–H groups in total. The lowest BCUT2D eigenvalue weighted by atomic mass is 9.49. The maximum atomic E-state index is 12.4. The van der Waals surface area contributed by atoms with E-state index >= 15 is 0 Å². The predicted octanol–water partition coefficient (Wildman–Crippen LogP) is 5.27. The Morgan fingerprint density at radius 1 is 1.20 bits per heavy atom. The van der Waals surface area contributed by atoms with Gasteiger partial charge in [-0.15, -0.1) is 10.2 Å². The Morgan fingerprint density at radius 3 is 2.53 bits per heavy atom. The van der Waals surface area contributed by atoms with Gasteiger partial charge in [0.05, 0.1) is 5.75 Å². The van der Waals surface area contributed by atoms with Crippen LogP contribution in [0.1, 0.15) is 49.9 Å². The first kappa shape index (κ1) is 20.4. The van der Waals surface area contributed by atoms with Crippen LogP contribution in [-0.2, 0) is 18.3 Å². The molecule has 4 fully saturated rings. The zero-order valence-corrected chi connectivity index (χ0v) is 19.2. The number of amides is 1. The summed E-state index contributed by atoms with van der Waals surface area (Å²) in [7, 11) is 2.04. The molecule has 5 nitrogen and oxygen atoms in total. The van der Waals surface area contributed by atoms with Gasteiger partial charge < -0.3 is 9.88 Å². The molecule has 4 saturated carbocycles. The first-order chi connectivity index (χ1) is 14.4. The largest absolute Gasteiger partial charge is 0.325 e. The van der Waals surface area contributed by atoms with Crippen molar-refractivity contribution in [2.24, 2.45) is 30.2 Å². The minimum absolute atomic E-state index is 0.0593. The molecule has 2 aromatic rings. The summed E-state index contributed by atoms with van der Waals surface area (Å²) in [5, 5.41) is 13.3. The van der Waals surface area contributed by atoms with Gasteiger partial charge in [-0.3, -0.25) is 4.79 Å². The molecule has 1 heterocycles. The molecule has 1 amide bonds. The van der Waals surface area contributed by atoms with Crippen LogP contribution in [0.2, 0.25) is 5.02 Å². The molecule has 0 aliphatic heterocycles. The van der Waals surface area contributed by atoms with Crippen molar-refractivity contribution in [3.63, 3.8) is 0 Å². The van der Waals surface area contributed by atoms with Gasteiger partial charge >= 0.3 is 0 Å². The maximum Gasteiger partial charge on any atom is 0.234 e. The molecule has 0 atom stereocenters. The van der Waals surface area contributed by atoms with Crippen LogP contribution in [0.3, 0.4) is 0 Å². The molecule has 160 valence electrons. The summed E-state index contributed by atoms with van der Waals surface area (Å²) in [4.78, 5) is 12.4. The summed E-state index contributed by atoms with van der Waals surface area (Å²) in [6, 6.07) is 5.52. The highest BCUT2D eigenvalue weighted by molar-refractivity contribution is 7.99. The molecule has 4 aliphatic carbocycles. The Hall–Kier alpha value is -1.53. The topological polar surface area (TPSA) is 59.8 Å². The lowest BCUT2D eigenvalue weighted by Gasteiger charge is -2.56. The van der Waals surface area contributed by atoms with Crippen LogP contribution in [0.25, 0.3) is 0 Å². The third-order valence-corrected chi connectivity index (χ3v) is 8.68. The number of carbonyl (C=O) groups is 1. The van der Waals surface area contributed by atoms with E-state index in [0.717, 1.165) is 46.4 Å². The zero-order valence-electron chi connectivity index (χ0n) is 17.7. The van der Waals surface area contributed by atoms with Crippen molar-refractivity contribution in [2.75, 3.05) is 11.1 Å². The van der Waals surface area contributed by atoms with Crippen LogP contribution in [0.5, 0.6) is 0 Å². The van der Waals surface area contributed by atoms with Gasteiger partial charge in [0, 0.05) is 24.2 Å². The van der Waals surface area contributed by atoms with E-state index in [9.17, 15) is 4.79 Å². The van der Waals surface area contributed by atoms with Gasteiger partial charge in [0.1, 0.15) is 5.82 Å². The molecular formula is C23H29ClN4OS. The summed E-state index contributed by atoms with van der Waals surface area (Å²) in [5.41, 5.74) is 2.20. The Morgan fingerprint density at radius 2 is 1.87 bits per heavy atom. The Kier molecular flexibility index (Phi) is 5.34. The molecule has 1 aromatic heterocycles. The summed E-state index contributed by atoms with van der Waals surface area (Å²) < 4.78 is 2.10. The number of anilines is 1. The number of hydrogen-bond acceptors (Lipinski definition) is 4. The fraction of sp³-hybridized carbons (Fsp3) is 0.609. The minimum atomic E-state index is -0.0593. The minimum Gasteiger partial charge on any atom is -0.325 e. The molecule has 0 saturated heterocycles. The summed E-state index contributed by atoms with van der Waals surface area (Å²) in [6.45, 7) is 1.96. The number of benzene rings is 1. The first-order valence-electron chi connectivity index (χ1n) is 11.0. The number of aromatic nitrogens is 3. The Balaban J connectivity index is 1.21. The molecule has 7 heteroatoms. The summed E-state index contributed by atoms with van der Waals surface area (Å²) in [5.74, 6) is 4.14. The van der Waals surface area contributed by atoms with E-state index in [4.69, 9.17) is 11.6 Å². The molecular weight excluding hydrogens is 416 g/mol. The maximum absolute atomic E-state index is 12.4. The van der Waals surface area contributed by atoms with E-state index in [1.54, 1.807) is 6.07 Å². The van der Waals surface area contributed by atoms with Crippen LogP contribution in [0, 0.1) is 30.1 Å². The van der Waals surface area contributed by atoms with E-state index in [0.29, 0.717) is 16.2 Å². The van der Waals surface area contributed by atoms with Crippen molar-refractivity contribution in [3.05, 3.63) is 34.6 Å². The third kappa shape index (κ3) is 4.01. The average molecular weight is 445 g/mol. The second-order valence-electron chi connectivity index (χ2n) is 9.85. The molecule has 4 bridgehead atoms. The number of nitrogens with one attached hydrogen (secondary N) is 1. The third-order valence-electron chi connectivity index (χ3n) is 7.43. The molecule has 1 aromatic carbocycles. The van der Waals surface area contributed by atoms with Gasteiger partial charge in [-0.25, -0.2) is 0 Å². The second-order valence-corrected chi connectivity index (χ2v) is 11.2. The van der Waals surface area contributed by atoms with Gasteiger partial charge in [0.25, 0.3) is 0 Å². The van der Waals surface area contributed by atoms with E-state index in [2.05, 4.69) is 20.1 Å². The normalized spacial score (nSPS) is 29.4. The van der Waals surface area contributed by atoms with Gasteiger partial charge in [0.15, 0.2) is 5.16 Å². The monoisotopic (exact) mass is 444 g/mol. The first-order valence-corrected chi connectivity index (χ1v) is 12.3. The van der Waals surface area contributed by atoms with E-state index < -0.39 is 0 Å². The standard InChI is InChI=1S/C23H29ClN4OS/c1-14-3-4-18(24)8-19(14)25-21(29)13-30-22-27-26-20(28(22)2)12-23-9-15-5-16(10-23)7-17(6-15)11-23/h3-4,8,15-17H,5-7,9-13H2,1-2H3,(H,25,29). The van der Waals surface area contributed by atoms with Crippen molar-refractivity contribution in [2.45, 2.75) is 57.0 Å². The fourth-order valence-electron chi connectivity index (χ4n) is 6.51. The number of rotatable bonds is 6. The van der Waals surface area contributed by atoms with Gasteiger partial charge in [-0.1, -0.05) is 29.4 Å². The smallest absolute Gasteiger partial charge is 0.234 e. The Bertz CT molecular complexity index is 937. The molecule has 0 unspecified atom stereocenters. The number of nitrogens with zero attached hydrogens (tertiary/aromatic N) is 3. The Labute approximate surface area is 187 Å². The van der Waals surface area contributed by atoms with Crippen LogP contribution in [0.4, 0.5) is 5.69 Å². The van der Waals surface area contributed by atoms with Crippen molar-refractivity contribution < 1.29 is 4.79 Å².